The number of benzene rings is 1. The highest BCUT2D eigenvalue weighted by molar-refractivity contribution is 7.89. The lowest BCUT2D eigenvalue weighted by Crippen LogP contribution is -2.23. The van der Waals surface area contributed by atoms with Gasteiger partial charge >= 0.3 is 0 Å². The maximum atomic E-state index is 12.4. The van der Waals surface area contributed by atoms with E-state index >= 15 is 0 Å². The molecule has 0 fully saturated rings. The summed E-state index contributed by atoms with van der Waals surface area (Å²) in [6.45, 7) is 0.0511. The highest BCUT2D eigenvalue weighted by Gasteiger charge is 2.15. The minimum Gasteiger partial charge on any atom is -0.468 e. The highest BCUT2D eigenvalue weighted by Crippen LogP contribution is 2.16. The van der Waals surface area contributed by atoms with Crippen LogP contribution in [0.3, 0.4) is 0 Å². The van der Waals surface area contributed by atoms with Crippen molar-refractivity contribution >= 4 is 39.0 Å². The van der Waals surface area contributed by atoms with Crippen molar-refractivity contribution in [3.8, 4) is 0 Å². The molecule has 0 atom stereocenters. The molecule has 26 heavy (non-hydrogen) atoms. The molecule has 3 rings (SSSR count). The van der Waals surface area contributed by atoms with Crippen LogP contribution in [0.2, 0.25) is 0 Å². The van der Waals surface area contributed by atoms with Gasteiger partial charge in [-0.15, -0.1) is 11.3 Å². The fourth-order valence-corrected chi connectivity index (χ4v) is 3.79. The van der Waals surface area contributed by atoms with Gasteiger partial charge in [0.05, 0.1) is 17.7 Å². The summed E-state index contributed by atoms with van der Waals surface area (Å²) >= 11 is 1.52. The molecule has 1 amide bonds. The van der Waals surface area contributed by atoms with Crippen LogP contribution < -0.4 is 10.0 Å². The van der Waals surface area contributed by atoms with Gasteiger partial charge in [-0.1, -0.05) is 12.1 Å². The van der Waals surface area contributed by atoms with E-state index in [1.54, 1.807) is 30.3 Å². The number of carbonyl (C=O) groups is 1. The Labute approximate surface area is 155 Å². The molecule has 2 aromatic heterocycles. The molecule has 6 nitrogen and oxygen atoms in total. The van der Waals surface area contributed by atoms with Crippen LogP contribution in [0.25, 0.3) is 6.08 Å². The molecule has 3 aromatic rings. The van der Waals surface area contributed by atoms with Crippen LogP contribution in [0.5, 0.6) is 0 Å². The van der Waals surface area contributed by atoms with Crippen LogP contribution in [0.1, 0.15) is 10.6 Å². The lowest BCUT2D eigenvalue weighted by molar-refractivity contribution is -0.111. The summed E-state index contributed by atoms with van der Waals surface area (Å²) in [6, 6.07) is 13.2. The van der Waals surface area contributed by atoms with Gasteiger partial charge in [-0.3, -0.25) is 4.79 Å². The van der Waals surface area contributed by atoms with Crippen LogP contribution in [-0.2, 0) is 21.4 Å². The van der Waals surface area contributed by atoms with Crippen LogP contribution in [0, 0.1) is 0 Å². The minimum atomic E-state index is -3.72. The van der Waals surface area contributed by atoms with Gasteiger partial charge in [-0.25, -0.2) is 13.1 Å². The van der Waals surface area contributed by atoms with Crippen molar-refractivity contribution in [3.05, 3.63) is 76.9 Å². The van der Waals surface area contributed by atoms with E-state index in [9.17, 15) is 13.2 Å². The number of carbonyl (C=O) groups excluding carboxylic acids is 1. The first-order valence-corrected chi connectivity index (χ1v) is 10.0. The second kappa shape index (κ2) is 8.13. The summed E-state index contributed by atoms with van der Waals surface area (Å²) in [5.74, 6) is 0.174. The summed E-state index contributed by atoms with van der Waals surface area (Å²) in [4.78, 5) is 13.0. The van der Waals surface area contributed by atoms with E-state index in [0.29, 0.717) is 11.4 Å². The van der Waals surface area contributed by atoms with Crippen molar-refractivity contribution in [1.82, 2.24) is 4.72 Å². The van der Waals surface area contributed by atoms with Crippen molar-refractivity contribution in [3.63, 3.8) is 0 Å². The molecule has 2 N–H and O–H groups in total. The van der Waals surface area contributed by atoms with Gasteiger partial charge in [0.2, 0.25) is 15.9 Å². The maximum absolute atomic E-state index is 12.4. The van der Waals surface area contributed by atoms with Gasteiger partial charge in [0.1, 0.15) is 5.76 Å². The van der Waals surface area contributed by atoms with Gasteiger partial charge in [-0.2, -0.15) is 0 Å². The molecule has 0 spiro atoms. The smallest absolute Gasteiger partial charge is 0.248 e. The van der Waals surface area contributed by atoms with Crippen molar-refractivity contribution in [2.45, 2.75) is 11.4 Å². The molecule has 0 bridgehead atoms. The monoisotopic (exact) mass is 388 g/mol. The molecular formula is C18H16N2O4S2. The Morgan fingerprint density at radius 2 is 2.04 bits per heavy atom. The van der Waals surface area contributed by atoms with Crippen molar-refractivity contribution < 1.29 is 17.6 Å². The number of nitrogens with one attached hydrogen (secondary N) is 2. The van der Waals surface area contributed by atoms with E-state index in [1.165, 1.54) is 35.8 Å². The second-order valence-electron chi connectivity index (χ2n) is 5.27. The van der Waals surface area contributed by atoms with E-state index in [1.807, 2.05) is 17.5 Å². The van der Waals surface area contributed by atoms with Gasteiger partial charge in [-0.05, 0) is 47.9 Å². The summed E-state index contributed by atoms with van der Waals surface area (Å²) in [5.41, 5.74) is 0.395. The molecular weight excluding hydrogens is 372 g/mol. The predicted octanol–water partition coefficient (Wildman–Crippen LogP) is 3.47. The third-order valence-corrected chi connectivity index (χ3v) is 5.61. The van der Waals surface area contributed by atoms with E-state index in [2.05, 4.69) is 10.0 Å². The van der Waals surface area contributed by atoms with Crippen LogP contribution in [0.4, 0.5) is 5.69 Å². The number of anilines is 1. The van der Waals surface area contributed by atoms with Crippen molar-refractivity contribution in [1.29, 1.82) is 0 Å². The molecule has 1 aromatic carbocycles. The number of sulfonamides is 1. The van der Waals surface area contributed by atoms with Crippen LogP contribution in [0.15, 0.2) is 75.6 Å². The SMILES string of the molecule is O=C(/C=C/c1cccs1)Nc1cccc(S(=O)(=O)NCc2ccco2)c1. The average molecular weight is 388 g/mol. The molecule has 134 valence electrons. The Morgan fingerprint density at radius 1 is 1.15 bits per heavy atom. The van der Waals surface area contributed by atoms with Gasteiger partial charge in [0, 0.05) is 16.6 Å². The first kappa shape index (κ1) is 18.1. The standard InChI is InChI=1S/C18H16N2O4S2/c21-18(9-8-16-6-3-11-25-16)20-14-4-1-7-17(12-14)26(22,23)19-13-15-5-2-10-24-15/h1-12,19H,13H2,(H,20,21)/b9-8+. The lowest BCUT2D eigenvalue weighted by Gasteiger charge is -2.08. The molecule has 0 aliphatic rings. The third-order valence-electron chi connectivity index (χ3n) is 3.37. The Morgan fingerprint density at radius 3 is 2.77 bits per heavy atom. The number of furan rings is 1. The molecule has 8 heteroatoms. The molecule has 0 aliphatic heterocycles. The normalized spacial score (nSPS) is 11.7. The van der Waals surface area contributed by atoms with Gasteiger partial charge in [0.25, 0.3) is 0 Å². The fourth-order valence-electron chi connectivity index (χ4n) is 2.13. The molecule has 2 heterocycles. The zero-order valence-corrected chi connectivity index (χ0v) is 15.2. The Hall–Kier alpha value is -2.68. The van der Waals surface area contributed by atoms with Gasteiger partial charge in [0.15, 0.2) is 0 Å². The number of hydrogen-bond acceptors (Lipinski definition) is 5. The predicted molar refractivity (Wildman–Crippen MR) is 101 cm³/mol. The Bertz CT molecular complexity index is 992. The van der Waals surface area contributed by atoms with E-state index in [-0.39, 0.29) is 17.3 Å². The molecule has 0 radical (unpaired) electrons. The van der Waals surface area contributed by atoms with Crippen LogP contribution >= 0.6 is 11.3 Å². The summed E-state index contributed by atoms with van der Waals surface area (Å²) in [5, 5.41) is 4.57. The molecule has 0 unspecified atom stereocenters. The van der Waals surface area contributed by atoms with E-state index < -0.39 is 10.0 Å². The van der Waals surface area contributed by atoms with Gasteiger partial charge < -0.3 is 9.73 Å². The number of hydrogen-bond donors (Lipinski definition) is 2. The summed E-state index contributed by atoms with van der Waals surface area (Å²) < 4.78 is 32.3. The number of amides is 1. The van der Waals surface area contributed by atoms with E-state index in [4.69, 9.17) is 4.42 Å². The van der Waals surface area contributed by atoms with Crippen LogP contribution in [-0.4, -0.2) is 14.3 Å². The third kappa shape index (κ3) is 4.92. The fraction of sp³-hybridized carbons (Fsp3) is 0.0556. The van der Waals surface area contributed by atoms with Crippen molar-refractivity contribution in [2.24, 2.45) is 0 Å². The first-order valence-electron chi connectivity index (χ1n) is 7.68. The molecule has 0 saturated carbocycles. The quantitative estimate of drug-likeness (QED) is 0.607. The first-order chi connectivity index (χ1) is 12.5. The van der Waals surface area contributed by atoms with E-state index in [0.717, 1.165) is 4.88 Å². The lowest BCUT2D eigenvalue weighted by atomic mass is 10.3. The Kier molecular flexibility index (Phi) is 5.67. The average Bonchev–Trinajstić information content (AvgIpc) is 3.32. The molecule has 0 saturated heterocycles. The van der Waals surface area contributed by atoms with Crippen molar-refractivity contribution in [2.75, 3.05) is 5.32 Å². The zero-order valence-electron chi connectivity index (χ0n) is 13.6. The summed E-state index contributed by atoms with van der Waals surface area (Å²) in [6.07, 6.45) is 4.58. The largest absolute Gasteiger partial charge is 0.468 e. The molecule has 0 aliphatic carbocycles. The number of thiophene rings is 1. The number of rotatable bonds is 7. The summed E-state index contributed by atoms with van der Waals surface area (Å²) in [7, 11) is -3.72. The highest BCUT2D eigenvalue weighted by atomic mass is 32.2. The maximum Gasteiger partial charge on any atom is 0.248 e. The zero-order chi connectivity index (χ0) is 18.4. The Balaban J connectivity index is 1.66. The topological polar surface area (TPSA) is 88.4 Å². The second-order valence-corrected chi connectivity index (χ2v) is 8.02. The minimum absolute atomic E-state index is 0.0511.